The average Bonchev–Trinajstić information content (AvgIpc) is 3.54. The predicted octanol–water partition coefficient (Wildman–Crippen LogP) is 3.89. The summed E-state index contributed by atoms with van der Waals surface area (Å²) in [6.07, 6.45) is 2.67. The molecule has 3 aromatic rings. The van der Waals surface area contributed by atoms with E-state index in [0.29, 0.717) is 25.4 Å². The number of hydrogen-bond donors (Lipinski definition) is 1. The highest BCUT2D eigenvalue weighted by Crippen LogP contribution is 2.31. The first-order valence-electron chi connectivity index (χ1n) is 10.7. The Hall–Kier alpha value is -3.41. The number of aryl methyl sites for hydroxylation is 1. The van der Waals surface area contributed by atoms with Gasteiger partial charge in [0.05, 0.1) is 6.54 Å². The monoisotopic (exact) mass is 417 g/mol. The fourth-order valence-electron chi connectivity index (χ4n) is 3.43. The molecular weight excluding hydrogens is 390 g/mol. The fourth-order valence-corrected chi connectivity index (χ4v) is 3.43. The molecule has 0 bridgehead atoms. The molecule has 0 saturated heterocycles. The summed E-state index contributed by atoms with van der Waals surface area (Å²) in [7, 11) is 0. The van der Waals surface area contributed by atoms with Crippen LogP contribution in [0.4, 0.5) is 0 Å². The topological polar surface area (TPSA) is 75.4 Å². The number of carbonyl (C=O) groups excluding carboxylic acids is 2. The highest BCUT2D eigenvalue weighted by atomic mass is 16.5. The molecule has 2 amide bonds. The molecule has 31 heavy (non-hydrogen) atoms. The zero-order chi connectivity index (χ0) is 21.6. The van der Waals surface area contributed by atoms with Crippen LogP contribution in [0.1, 0.15) is 45.8 Å². The average molecular weight is 418 g/mol. The number of amides is 2. The van der Waals surface area contributed by atoms with Crippen LogP contribution < -0.4 is 5.32 Å². The van der Waals surface area contributed by atoms with Gasteiger partial charge in [-0.1, -0.05) is 65.3 Å². The maximum atomic E-state index is 12.7. The van der Waals surface area contributed by atoms with Crippen molar-refractivity contribution in [2.24, 2.45) is 5.92 Å². The van der Waals surface area contributed by atoms with Crippen molar-refractivity contribution in [3.63, 3.8) is 0 Å². The van der Waals surface area contributed by atoms with E-state index in [1.807, 2.05) is 54.3 Å². The van der Waals surface area contributed by atoms with Crippen molar-refractivity contribution < 1.29 is 14.1 Å². The molecule has 0 aliphatic heterocycles. The molecule has 1 aliphatic rings. The third-order valence-electron chi connectivity index (χ3n) is 5.46. The van der Waals surface area contributed by atoms with Gasteiger partial charge in [-0.05, 0) is 37.3 Å². The number of aromatic nitrogens is 1. The molecule has 1 aliphatic carbocycles. The predicted molar refractivity (Wildman–Crippen MR) is 117 cm³/mol. The molecule has 0 radical (unpaired) electrons. The van der Waals surface area contributed by atoms with Crippen molar-refractivity contribution in [2.45, 2.75) is 39.3 Å². The van der Waals surface area contributed by atoms with E-state index in [4.69, 9.17) is 4.52 Å². The molecule has 6 heteroatoms. The molecule has 0 spiro atoms. The van der Waals surface area contributed by atoms with Gasteiger partial charge in [0.25, 0.3) is 5.91 Å². The van der Waals surface area contributed by atoms with E-state index in [-0.39, 0.29) is 23.4 Å². The largest absolute Gasteiger partial charge is 0.359 e. The summed E-state index contributed by atoms with van der Waals surface area (Å²) >= 11 is 0. The van der Waals surface area contributed by atoms with Gasteiger partial charge in [0.15, 0.2) is 11.5 Å². The van der Waals surface area contributed by atoms with Crippen molar-refractivity contribution >= 4 is 11.8 Å². The number of rotatable bonds is 9. The molecule has 1 saturated carbocycles. The van der Waals surface area contributed by atoms with Crippen LogP contribution in [-0.2, 0) is 24.3 Å². The second-order valence-electron chi connectivity index (χ2n) is 8.12. The SMILES string of the molecule is Cc1ccc(CNC(=O)c2cc(CN(CCc3ccccc3)C(=O)C3CC3)on2)cc1. The van der Waals surface area contributed by atoms with E-state index in [1.54, 1.807) is 6.07 Å². The maximum absolute atomic E-state index is 12.7. The normalized spacial score (nSPS) is 13.1. The van der Waals surface area contributed by atoms with Crippen molar-refractivity contribution in [3.05, 3.63) is 88.8 Å². The molecule has 1 heterocycles. The van der Waals surface area contributed by atoms with Crippen LogP contribution in [0.25, 0.3) is 0 Å². The summed E-state index contributed by atoms with van der Waals surface area (Å²) in [5, 5.41) is 6.77. The van der Waals surface area contributed by atoms with Crippen LogP contribution in [0.3, 0.4) is 0 Å². The Morgan fingerprint density at radius 3 is 2.52 bits per heavy atom. The number of nitrogens with one attached hydrogen (secondary N) is 1. The minimum Gasteiger partial charge on any atom is -0.359 e. The Kier molecular flexibility index (Phi) is 6.46. The first-order chi connectivity index (χ1) is 15.1. The highest BCUT2D eigenvalue weighted by Gasteiger charge is 2.33. The van der Waals surface area contributed by atoms with Gasteiger partial charge in [-0.3, -0.25) is 9.59 Å². The first-order valence-corrected chi connectivity index (χ1v) is 10.7. The first kappa shape index (κ1) is 20.8. The number of benzene rings is 2. The van der Waals surface area contributed by atoms with E-state index >= 15 is 0 Å². The molecule has 6 nitrogen and oxygen atoms in total. The Morgan fingerprint density at radius 1 is 1.06 bits per heavy atom. The lowest BCUT2D eigenvalue weighted by Crippen LogP contribution is -2.33. The Labute approximate surface area is 182 Å². The molecule has 0 atom stereocenters. The molecule has 1 fully saturated rings. The van der Waals surface area contributed by atoms with E-state index in [0.717, 1.165) is 24.8 Å². The van der Waals surface area contributed by atoms with Crippen LogP contribution >= 0.6 is 0 Å². The van der Waals surface area contributed by atoms with Gasteiger partial charge in [-0.25, -0.2) is 0 Å². The van der Waals surface area contributed by atoms with Crippen LogP contribution in [0.5, 0.6) is 0 Å². The second-order valence-corrected chi connectivity index (χ2v) is 8.12. The summed E-state index contributed by atoms with van der Waals surface area (Å²) in [5.41, 5.74) is 3.60. The molecule has 1 aromatic heterocycles. The standard InChI is InChI=1S/C25H27N3O3/c1-18-7-9-20(10-8-18)16-26-24(29)23-15-22(31-27-23)17-28(25(30)21-11-12-21)14-13-19-5-3-2-4-6-19/h2-10,15,21H,11-14,16-17H2,1H3,(H,26,29). The quantitative estimate of drug-likeness (QED) is 0.573. The Bertz CT molecular complexity index is 1020. The minimum atomic E-state index is -0.292. The smallest absolute Gasteiger partial charge is 0.273 e. The summed E-state index contributed by atoms with van der Waals surface area (Å²) in [4.78, 5) is 27.0. The van der Waals surface area contributed by atoms with Crippen LogP contribution in [0.2, 0.25) is 0 Å². The van der Waals surface area contributed by atoms with Crippen molar-refractivity contribution in [1.82, 2.24) is 15.4 Å². The van der Waals surface area contributed by atoms with Gasteiger partial charge in [0.1, 0.15) is 0 Å². The van der Waals surface area contributed by atoms with E-state index < -0.39 is 0 Å². The lowest BCUT2D eigenvalue weighted by atomic mass is 10.1. The summed E-state index contributed by atoms with van der Waals surface area (Å²) < 4.78 is 5.38. The van der Waals surface area contributed by atoms with E-state index in [2.05, 4.69) is 22.6 Å². The third-order valence-corrected chi connectivity index (χ3v) is 5.46. The van der Waals surface area contributed by atoms with Crippen LogP contribution in [0, 0.1) is 12.8 Å². The van der Waals surface area contributed by atoms with Gasteiger partial charge in [0, 0.05) is 25.1 Å². The molecular formula is C25H27N3O3. The summed E-state index contributed by atoms with van der Waals surface area (Å²) in [6, 6.07) is 19.7. The van der Waals surface area contributed by atoms with Gasteiger partial charge >= 0.3 is 0 Å². The van der Waals surface area contributed by atoms with Gasteiger partial charge < -0.3 is 14.7 Å². The van der Waals surface area contributed by atoms with Crippen molar-refractivity contribution in [1.29, 1.82) is 0 Å². The lowest BCUT2D eigenvalue weighted by Gasteiger charge is -2.21. The minimum absolute atomic E-state index is 0.121. The fraction of sp³-hybridized carbons (Fsp3) is 0.320. The second kappa shape index (κ2) is 9.60. The maximum Gasteiger partial charge on any atom is 0.273 e. The lowest BCUT2D eigenvalue weighted by molar-refractivity contribution is -0.133. The Morgan fingerprint density at radius 2 is 1.81 bits per heavy atom. The zero-order valence-electron chi connectivity index (χ0n) is 17.7. The van der Waals surface area contributed by atoms with E-state index in [9.17, 15) is 9.59 Å². The molecule has 2 aromatic carbocycles. The van der Waals surface area contributed by atoms with Gasteiger partial charge in [-0.2, -0.15) is 0 Å². The van der Waals surface area contributed by atoms with Crippen LogP contribution in [-0.4, -0.2) is 28.4 Å². The molecule has 0 unspecified atom stereocenters. The zero-order valence-corrected chi connectivity index (χ0v) is 17.7. The van der Waals surface area contributed by atoms with Crippen LogP contribution in [0.15, 0.2) is 65.2 Å². The van der Waals surface area contributed by atoms with Crippen molar-refractivity contribution in [2.75, 3.05) is 6.54 Å². The summed E-state index contributed by atoms with van der Waals surface area (Å²) in [6.45, 7) is 3.37. The molecule has 4 rings (SSSR count). The summed E-state index contributed by atoms with van der Waals surface area (Å²) in [5.74, 6) is 0.496. The van der Waals surface area contributed by atoms with Gasteiger partial charge in [-0.15, -0.1) is 0 Å². The highest BCUT2D eigenvalue weighted by molar-refractivity contribution is 5.92. The Balaban J connectivity index is 1.35. The number of nitrogens with zero attached hydrogens (tertiary/aromatic N) is 2. The van der Waals surface area contributed by atoms with E-state index in [1.165, 1.54) is 11.1 Å². The van der Waals surface area contributed by atoms with Gasteiger partial charge in [0.2, 0.25) is 5.91 Å². The number of hydrogen-bond acceptors (Lipinski definition) is 4. The molecule has 160 valence electrons. The number of carbonyl (C=O) groups is 2. The van der Waals surface area contributed by atoms with Crippen molar-refractivity contribution in [3.8, 4) is 0 Å². The third kappa shape index (κ3) is 5.81. The molecule has 1 N–H and O–H groups in total.